The predicted molar refractivity (Wildman–Crippen MR) is 70.6 cm³/mol. The molecule has 2 N–H and O–H groups in total. The quantitative estimate of drug-likeness (QED) is 0.605. The van der Waals surface area contributed by atoms with Gasteiger partial charge in [-0.1, -0.05) is 24.3 Å². The van der Waals surface area contributed by atoms with Crippen LogP contribution in [0.5, 0.6) is 0 Å². The van der Waals surface area contributed by atoms with Gasteiger partial charge in [-0.2, -0.15) is 0 Å². The molecule has 0 spiro atoms. The van der Waals surface area contributed by atoms with Crippen LogP contribution in [0.25, 0.3) is 16.8 Å². The van der Waals surface area contributed by atoms with Crippen molar-refractivity contribution in [3.05, 3.63) is 57.6 Å². The lowest BCUT2D eigenvalue weighted by molar-refractivity contribution is -0.383. The van der Waals surface area contributed by atoms with Gasteiger partial charge in [0.15, 0.2) is 0 Å². The number of benzene rings is 2. The third kappa shape index (κ3) is 1.71. The zero-order valence-electron chi connectivity index (χ0n) is 9.85. The molecule has 0 aromatic heterocycles. The Hall–Kier alpha value is -2.24. The summed E-state index contributed by atoms with van der Waals surface area (Å²) in [7, 11) is 0. The molecule has 0 amide bonds. The first-order valence-electron chi connectivity index (χ1n) is 5.84. The Kier molecular flexibility index (Phi) is 2.58. The third-order valence-electron chi connectivity index (χ3n) is 3.38. The second kappa shape index (κ2) is 4.15. The van der Waals surface area contributed by atoms with Gasteiger partial charge in [0.05, 0.1) is 15.9 Å². The van der Waals surface area contributed by atoms with Gasteiger partial charge in [-0.25, -0.2) is 0 Å². The van der Waals surface area contributed by atoms with Crippen LogP contribution < -0.4 is 0 Å². The highest BCUT2D eigenvalue weighted by Crippen LogP contribution is 2.39. The first kappa shape index (κ1) is 11.8. The largest absolute Gasteiger partial charge is 0.386 e. The smallest absolute Gasteiger partial charge is 0.284 e. The predicted octanol–water partition coefficient (Wildman–Crippen LogP) is 2.17. The summed E-state index contributed by atoms with van der Waals surface area (Å²) in [6.45, 7) is 0. The van der Waals surface area contributed by atoms with E-state index in [1.807, 2.05) is 0 Å². The van der Waals surface area contributed by atoms with Gasteiger partial charge in [0.2, 0.25) is 0 Å². The Morgan fingerprint density at radius 2 is 1.95 bits per heavy atom. The molecule has 1 aliphatic carbocycles. The number of fused-ring (bicyclic) bond motifs is 2. The summed E-state index contributed by atoms with van der Waals surface area (Å²) in [6.07, 6.45) is 0.697. The minimum atomic E-state index is -1.14. The van der Waals surface area contributed by atoms with Crippen molar-refractivity contribution in [1.29, 1.82) is 0 Å². The topological polar surface area (TPSA) is 83.6 Å². The zero-order valence-corrected chi connectivity index (χ0v) is 9.85. The van der Waals surface area contributed by atoms with Gasteiger partial charge in [0, 0.05) is 0 Å². The second-order valence-corrected chi connectivity index (χ2v) is 4.50. The highest BCUT2D eigenvalue weighted by Gasteiger charge is 2.29. The standard InChI is InChI=1S/C14H11NO4/c16-12-6-5-10-11(14(12)17)7-8-3-1-2-4-9(8)13(10)15(18)19/h1-7,12,14,16-17H/t12-,14-/m0/s1. The molecule has 2 aromatic carbocycles. The number of nitrogens with zero attached hydrogens (tertiary/aromatic N) is 1. The van der Waals surface area contributed by atoms with E-state index in [4.69, 9.17) is 0 Å². The number of hydrogen-bond acceptors (Lipinski definition) is 4. The minimum absolute atomic E-state index is 0.0321. The number of rotatable bonds is 1. The highest BCUT2D eigenvalue weighted by atomic mass is 16.6. The molecule has 0 saturated carbocycles. The molecule has 2 aromatic rings. The van der Waals surface area contributed by atoms with E-state index in [9.17, 15) is 20.3 Å². The molecule has 0 fully saturated rings. The molecular weight excluding hydrogens is 246 g/mol. The molecule has 0 unspecified atom stereocenters. The summed E-state index contributed by atoms with van der Waals surface area (Å²) in [5.74, 6) is 0. The Labute approximate surface area is 108 Å². The normalized spacial score (nSPS) is 21.4. The van der Waals surface area contributed by atoms with E-state index in [0.717, 1.165) is 0 Å². The van der Waals surface area contributed by atoms with Gasteiger partial charge in [-0.05, 0) is 29.2 Å². The fraction of sp³-hybridized carbons (Fsp3) is 0.143. The fourth-order valence-electron chi connectivity index (χ4n) is 2.47. The molecule has 5 heteroatoms. The summed E-state index contributed by atoms with van der Waals surface area (Å²) >= 11 is 0. The van der Waals surface area contributed by atoms with Gasteiger partial charge in [0.1, 0.15) is 12.2 Å². The highest BCUT2D eigenvalue weighted by molar-refractivity contribution is 5.96. The molecule has 0 bridgehead atoms. The van der Waals surface area contributed by atoms with Gasteiger partial charge >= 0.3 is 0 Å². The summed E-state index contributed by atoms with van der Waals surface area (Å²) in [5, 5.41) is 32.1. The van der Waals surface area contributed by atoms with Crippen LogP contribution in [-0.4, -0.2) is 21.2 Å². The lowest BCUT2D eigenvalue weighted by Gasteiger charge is -2.22. The maximum Gasteiger partial charge on any atom is 0.284 e. The van der Waals surface area contributed by atoms with Crippen molar-refractivity contribution < 1.29 is 15.1 Å². The average molecular weight is 257 g/mol. The van der Waals surface area contributed by atoms with E-state index in [2.05, 4.69) is 0 Å². The lowest BCUT2D eigenvalue weighted by Crippen LogP contribution is -2.20. The zero-order chi connectivity index (χ0) is 13.6. The van der Waals surface area contributed by atoms with E-state index in [1.54, 1.807) is 30.3 Å². The van der Waals surface area contributed by atoms with E-state index in [0.29, 0.717) is 21.9 Å². The SMILES string of the molecule is O=[N+]([O-])c1c2c(cc3ccccc13)[C@H](O)[C@@H](O)C=C2. The van der Waals surface area contributed by atoms with E-state index >= 15 is 0 Å². The van der Waals surface area contributed by atoms with E-state index < -0.39 is 17.1 Å². The molecule has 0 aliphatic heterocycles. The summed E-state index contributed by atoms with van der Waals surface area (Å²) in [6, 6.07) is 8.63. The molecule has 1 aliphatic rings. The van der Waals surface area contributed by atoms with Crippen LogP contribution in [-0.2, 0) is 0 Å². The van der Waals surface area contributed by atoms with E-state index in [-0.39, 0.29) is 5.69 Å². The molecule has 2 atom stereocenters. The Bertz CT molecular complexity index is 708. The van der Waals surface area contributed by atoms with Crippen molar-refractivity contribution in [2.24, 2.45) is 0 Å². The minimum Gasteiger partial charge on any atom is -0.386 e. The van der Waals surface area contributed by atoms with Crippen LogP contribution in [0.1, 0.15) is 17.2 Å². The first-order chi connectivity index (χ1) is 9.09. The van der Waals surface area contributed by atoms with Crippen molar-refractivity contribution >= 4 is 22.5 Å². The van der Waals surface area contributed by atoms with Gasteiger partial charge in [-0.3, -0.25) is 10.1 Å². The Morgan fingerprint density at radius 1 is 1.21 bits per heavy atom. The molecule has 96 valence electrons. The number of aliphatic hydroxyl groups excluding tert-OH is 2. The Morgan fingerprint density at radius 3 is 2.68 bits per heavy atom. The van der Waals surface area contributed by atoms with Crippen molar-refractivity contribution in [2.45, 2.75) is 12.2 Å². The van der Waals surface area contributed by atoms with Crippen LogP contribution in [0.3, 0.4) is 0 Å². The summed E-state index contributed by atoms with van der Waals surface area (Å²) < 4.78 is 0. The average Bonchev–Trinajstić information content (AvgIpc) is 2.40. The number of nitro benzene ring substituents is 1. The van der Waals surface area contributed by atoms with Gasteiger partial charge < -0.3 is 10.2 Å². The van der Waals surface area contributed by atoms with E-state index in [1.165, 1.54) is 12.2 Å². The van der Waals surface area contributed by atoms with Crippen LogP contribution in [0.2, 0.25) is 0 Å². The van der Waals surface area contributed by atoms with Crippen molar-refractivity contribution in [1.82, 2.24) is 0 Å². The van der Waals surface area contributed by atoms with Crippen molar-refractivity contribution in [3.8, 4) is 0 Å². The van der Waals surface area contributed by atoms with Gasteiger partial charge in [-0.15, -0.1) is 0 Å². The monoisotopic (exact) mass is 257 g/mol. The molecule has 0 radical (unpaired) electrons. The molecule has 3 rings (SSSR count). The van der Waals surface area contributed by atoms with Crippen LogP contribution in [0.15, 0.2) is 36.4 Å². The maximum absolute atomic E-state index is 11.3. The molecule has 19 heavy (non-hydrogen) atoms. The molecule has 0 saturated heterocycles. The third-order valence-corrected chi connectivity index (χ3v) is 3.38. The fourth-order valence-corrected chi connectivity index (χ4v) is 2.47. The first-order valence-corrected chi connectivity index (χ1v) is 5.84. The van der Waals surface area contributed by atoms with Crippen LogP contribution in [0.4, 0.5) is 5.69 Å². The van der Waals surface area contributed by atoms with Crippen LogP contribution >= 0.6 is 0 Å². The molecule has 0 heterocycles. The molecule has 5 nitrogen and oxygen atoms in total. The van der Waals surface area contributed by atoms with Crippen molar-refractivity contribution in [3.63, 3.8) is 0 Å². The summed E-state index contributed by atoms with van der Waals surface area (Å²) in [4.78, 5) is 10.9. The van der Waals surface area contributed by atoms with Crippen LogP contribution in [0, 0.1) is 10.1 Å². The number of hydrogen-bond donors (Lipinski definition) is 2. The molecular formula is C14H11NO4. The van der Waals surface area contributed by atoms with Crippen molar-refractivity contribution in [2.75, 3.05) is 0 Å². The van der Waals surface area contributed by atoms with Gasteiger partial charge in [0.25, 0.3) is 5.69 Å². The Balaban J connectivity index is 2.43. The number of aliphatic hydroxyl groups is 2. The summed E-state index contributed by atoms with van der Waals surface area (Å²) in [5.41, 5.74) is 0.720. The maximum atomic E-state index is 11.3. The lowest BCUT2D eigenvalue weighted by atomic mass is 9.89. The number of nitro groups is 1. The second-order valence-electron chi connectivity index (χ2n) is 4.50.